The van der Waals surface area contributed by atoms with Crippen molar-refractivity contribution < 1.29 is 9.90 Å². The predicted molar refractivity (Wildman–Crippen MR) is 61.6 cm³/mol. The van der Waals surface area contributed by atoms with Gasteiger partial charge in [0.15, 0.2) is 0 Å². The van der Waals surface area contributed by atoms with Crippen LogP contribution in [0, 0.1) is 0 Å². The number of aliphatic carboxylic acids is 1. The van der Waals surface area contributed by atoms with Crippen LogP contribution >= 0.6 is 0 Å². The first-order valence-corrected chi connectivity index (χ1v) is 5.33. The highest BCUT2D eigenvalue weighted by Crippen LogP contribution is 2.12. The van der Waals surface area contributed by atoms with Gasteiger partial charge in [-0.25, -0.2) is 4.79 Å². The number of rotatable bonds is 4. The molecule has 1 unspecified atom stereocenters. The molecule has 0 bridgehead atoms. The van der Waals surface area contributed by atoms with Gasteiger partial charge in [0.1, 0.15) is 18.2 Å². The molecule has 0 radical (unpaired) electrons. The van der Waals surface area contributed by atoms with E-state index in [2.05, 4.69) is 10.2 Å². The second kappa shape index (κ2) is 4.78. The minimum absolute atomic E-state index is 0.582. The van der Waals surface area contributed by atoms with Crippen LogP contribution < -0.4 is 0 Å². The Morgan fingerprint density at radius 3 is 2.76 bits per heavy atom. The van der Waals surface area contributed by atoms with Crippen LogP contribution in [-0.4, -0.2) is 25.8 Å². The summed E-state index contributed by atoms with van der Waals surface area (Å²) < 4.78 is 1.58. The second-order valence-electron chi connectivity index (χ2n) is 3.83. The van der Waals surface area contributed by atoms with E-state index in [1.54, 1.807) is 11.5 Å². The van der Waals surface area contributed by atoms with Crippen molar-refractivity contribution in [2.24, 2.45) is 0 Å². The summed E-state index contributed by atoms with van der Waals surface area (Å²) >= 11 is 0. The molecular weight excluding hydrogens is 218 g/mol. The van der Waals surface area contributed by atoms with Crippen LogP contribution in [0.1, 0.15) is 24.4 Å². The number of benzene rings is 1. The molecule has 1 aromatic heterocycles. The largest absolute Gasteiger partial charge is 0.480 e. The normalized spacial score (nSPS) is 12.3. The Balaban J connectivity index is 2.23. The lowest BCUT2D eigenvalue weighted by atomic mass is 10.1. The third-order valence-electron chi connectivity index (χ3n) is 2.63. The molecule has 0 fully saturated rings. The molecule has 17 heavy (non-hydrogen) atoms. The van der Waals surface area contributed by atoms with E-state index in [1.807, 2.05) is 30.3 Å². The SMILES string of the molecule is CC(C(=O)O)n1cnnc1Cc1ccccc1. The van der Waals surface area contributed by atoms with Crippen LogP contribution in [0.4, 0.5) is 0 Å². The van der Waals surface area contributed by atoms with Crippen molar-refractivity contribution in [1.82, 2.24) is 14.8 Å². The maximum atomic E-state index is 10.9. The monoisotopic (exact) mass is 231 g/mol. The summed E-state index contributed by atoms with van der Waals surface area (Å²) in [5, 5.41) is 16.7. The van der Waals surface area contributed by atoms with Crippen molar-refractivity contribution in [3.8, 4) is 0 Å². The van der Waals surface area contributed by atoms with Gasteiger partial charge in [0.25, 0.3) is 0 Å². The van der Waals surface area contributed by atoms with Crippen LogP contribution in [0.25, 0.3) is 0 Å². The van der Waals surface area contributed by atoms with Crippen molar-refractivity contribution in [2.75, 3.05) is 0 Å². The lowest BCUT2D eigenvalue weighted by Gasteiger charge is -2.10. The lowest BCUT2D eigenvalue weighted by molar-refractivity contribution is -0.140. The third kappa shape index (κ3) is 2.50. The first-order chi connectivity index (χ1) is 8.18. The topological polar surface area (TPSA) is 68.0 Å². The van der Waals surface area contributed by atoms with E-state index in [-0.39, 0.29) is 0 Å². The fourth-order valence-electron chi connectivity index (χ4n) is 1.61. The minimum Gasteiger partial charge on any atom is -0.480 e. The van der Waals surface area contributed by atoms with Gasteiger partial charge in [-0.2, -0.15) is 0 Å². The van der Waals surface area contributed by atoms with Crippen LogP contribution in [-0.2, 0) is 11.2 Å². The number of nitrogens with zero attached hydrogens (tertiary/aromatic N) is 3. The van der Waals surface area contributed by atoms with Crippen molar-refractivity contribution >= 4 is 5.97 Å². The summed E-state index contributed by atoms with van der Waals surface area (Å²) in [5.41, 5.74) is 1.08. The van der Waals surface area contributed by atoms with Crippen molar-refractivity contribution in [2.45, 2.75) is 19.4 Å². The molecule has 0 amide bonds. The van der Waals surface area contributed by atoms with Crippen LogP contribution in [0.3, 0.4) is 0 Å². The summed E-state index contributed by atoms with van der Waals surface area (Å²) in [6.07, 6.45) is 2.04. The Labute approximate surface area is 98.7 Å². The van der Waals surface area contributed by atoms with Gasteiger partial charge in [-0.05, 0) is 12.5 Å². The highest BCUT2D eigenvalue weighted by Gasteiger charge is 2.17. The average molecular weight is 231 g/mol. The molecule has 0 saturated heterocycles. The molecule has 1 N–H and O–H groups in total. The number of aromatic nitrogens is 3. The molecule has 0 saturated carbocycles. The number of carboxylic acids is 1. The zero-order valence-electron chi connectivity index (χ0n) is 9.45. The van der Waals surface area contributed by atoms with Crippen LogP contribution in [0.15, 0.2) is 36.7 Å². The molecule has 88 valence electrons. The zero-order chi connectivity index (χ0) is 12.3. The highest BCUT2D eigenvalue weighted by atomic mass is 16.4. The van der Waals surface area contributed by atoms with Gasteiger partial charge in [-0.3, -0.25) is 0 Å². The van der Waals surface area contributed by atoms with Gasteiger partial charge in [0, 0.05) is 6.42 Å². The Morgan fingerprint density at radius 2 is 2.12 bits per heavy atom. The highest BCUT2D eigenvalue weighted by molar-refractivity contribution is 5.71. The second-order valence-corrected chi connectivity index (χ2v) is 3.83. The van der Waals surface area contributed by atoms with Gasteiger partial charge >= 0.3 is 5.97 Å². The van der Waals surface area contributed by atoms with E-state index in [0.29, 0.717) is 12.2 Å². The zero-order valence-corrected chi connectivity index (χ0v) is 9.45. The molecular formula is C12H13N3O2. The quantitative estimate of drug-likeness (QED) is 0.866. The lowest BCUT2D eigenvalue weighted by Crippen LogP contribution is -2.17. The third-order valence-corrected chi connectivity index (χ3v) is 2.63. The van der Waals surface area contributed by atoms with E-state index in [0.717, 1.165) is 5.56 Å². The predicted octanol–water partition coefficient (Wildman–Crippen LogP) is 1.51. The summed E-state index contributed by atoms with van der Waals surface area (Å²) in [4.78, 5) is 10.9. The molecule has 0 aliphatic rings. The molecule has 1 aromatic carbocycles. The van der Waals surface area contributed by atoms with Crippen molar-refractivity contribution in [3.05, 3.63) is 48.0 Å². The summed E-state index contributed by atoms with van der Waals surface area (Å²) in [6.45, 7) is 1.61. The van der Waals surface area contributed by atoms with E-state index < -0.39 is 12.0 Å². The van der Waals surface area contributed by atoms with E-state index in [9.17, 15) is 4.79 Å². The van der Waals surface area contributed by atoms with Gasteiger partial charge in [-0.15, -0.1) is 10.2 Å². The maximum Gasteiger partial charge on any atom is 0.326 e. The first-order valence-electron chi connectivity index (χ1n) is 5.33. The number of carbonyl (C=O) groups is 1. The van der Waals surface area contributed by atoms with Crippen molar-refractivity contribution in [1.29, 1.82) is 0 Å². The molecule has 2 aromatic rings. The van der Waals surface area contributed by atoms with Gasteiger partial charge in [0.05, 0.1) is 0 Å². The Kier molecular flexibility index (Phi) is 3.18. The average Bonchev–Trinajstić information content (AvgIpc) is 2.77. The van der Waals surface area contributed by atoms with Crippen molar-refractivity contribution in [3.63, 3.8) is 0 Å². The van der Waals surface area contributed by atoms with E-state index in [1.165, 1.54) is 6.33 Å². The number of hydrogen-bond acceptors (Lipinski definition) is 3. The summed E-state index contributed by atoms with van der Waals surface area (Å²) in [5.74, 6) is -0.231. The van der Waals surface area contributed by atoms with Crippen LogP contribution in [0.2, 0.25) is 0 Å². The fourth-order valence-corrected chi connectivity index (χ4v) is 1.61. The Hall–Kier alpha value is -2.17. The van der Waals surface area contributed by atoms with Gasteiger partial charge in [0.2, 0.25) is 0 Å². The standard InChI is InChI=1S/C12H13N3O2/c1-9(12(16)17)15-8-13-14-11(15)7-10-5-3-2-4-6-10/h2-6,8-9H,7H2,1H3,(H,16,17). The molecule has 0 aliphatic heterocycles. The Bertz CT molecular complexity index is 507. The Morgan fingerprint density at radius 1 is 1.41 bits per heavy atom. The van der Waals surface area contributed by atoms with Crippen LogP contribution in [0.5, 0.6) is 0 Å². The molecule has 1 atom stereocenters. The minimum atomic E-state index is -0.890. The molecule has 0 aliphatic carbocycles. The molecule has 2 rings (SSSR count). The smallest absolute Gasteiger partial charge is 0.326 e. The number of carboxylic acid groups (broad SMARTS) is 1. The van der Waals surface area contributed by atoms with Gasteiger partial charge < -0.3 is 9.67 Å². The van der Waals surface area contributed by atoms with E-state index >= 15 is 0 Å². The molecule has 5 nitrogen and oxygen atoms in total. The fraction of sp³-hybridized carbons (Fsp3) is 0.250. The number of hydrogen-bond donors (Lipinski definition) is 1. The molecule has 1 heterocycles. The maximum absolute atomic E-state index is 10.9. The van der Waals surface area contributed by atoms with Gasteiger partial charge in [-0.1, -0.05) is 30.3 Å². The molecule has 5 heteroatoms. The molecule has 0 spiro atoms. The first kappa shape index (κ1) is 11.3. The summed E-state index contributed by atoms with van der Waals surface area (Å²) in [6, 6.07) is 9.12. The summed E-state index contributed by atoms with van der Waals surface area (Å²) in [7, 11) is 0. The van der Waals surface area contributed by atoms with E-state index in [4.69, 9.17) is 5.11 Å².